The second-order valence-corrected chi connectivity index (χ2v) is 5.89. The summed E-state index contributed by atoms with van der Waals surface area (Å²) in [6.45, 7) is 5.31. The summed E-state index contributed by atoms with van der Waals surface area (Å²) in [7, 11) is 1.94. The molecule has 0 bridgehead atoms. The highest BCUT2D eigenvalue weighted by molar-refractivity contribution is 6.35. The molecule has 0 aromatic heterocycles. The molecule has 2 aromatic rings. The van der Waals surface area contributed by atoms with Crippen molar-refractivity contribution in [2.24, 2.45) is 0 Å². The number of rotatable bonds is 5. The van der Waals surface area contributed by atoms with Crippen LogP contribution >= 0.6 is 23.2 Å². The monoisotopic (exact) mass is 323 g/mol. The van der Waals surface area contributed by atoms with Crippen LogP contribution in [0, 0.1) is 13.8 Å². The Morgan fingerprint density at radius 1 is 1.05 bits per heavy atom. The van der Waals surface area contributed by atoms with Gasteiger partial charge in [-0.25, -0.2) is 0 Å². The van der Waals surface area contributed by atoms with Crippen molar-refractivity contribution in [3.8, 4) is 5.75 Å². The maximum atomic E-state index is 6.17. The summed E-state index contributed by atoms with van der Waals surface area (Å²) < 4.78 is 5.96. The maximum Gasteiger partial charge on any atom is 0.125 e. The summed E-state index contributed by atoms with van der Waals surface area (Å²) in [6, 6.07) is 9.74. The molecular formula is C17H19Cl2NO. The van der Waals surface area contributed by atoms with Gasteiger partial charge in [0.15, 0.2) is 0 Å². The Labute approximate surface area is 136 Å². The smallest absolute Gasteiger partial charge is 0.125 e. The van der Waals surface area contributed by atoms with E-state index in [2.05, 4.69) is 31.3 Å². The summed E-state index contributed by atoms with van der Waals surface area (Å²) in [6.07, 6.45) is 0. The Morgan fingerprint density at radius 3 is 2.14 bits per heavy atom. The van der Waals surface area contributed by atoms with Gasteiger partial charge in [-0.1, -0.05) is 41.4 Å². The lowest BCUT2D eigenvalue weighted by Crippen LogP contribution is -2.07. The van der Waals surface area contributed by atoms with Crippen LogP contribution in [-0.2, 0) is 13.2 Å². The van der Waals surface area contributed by atoms with E-state index in [-0.39, 0.29) is 0 Å². The Kier molecular flexibility index (Phi) is 5.51. The van der Waals surface area contributed by atoms with Crippen LogP contribution < -0.4 is 10.1 Å². The molecule has 0 heterocycles. The van der Waals surface area contributed by atoms with Gasteiger partial charge in [-0.05, 0) is 49.7 Å². The summed E-state index contributed by atoms with van der Waals surface area (Å²) in [5.74, 6) is 0.894. The average molecular weight is 324 g/mol. The number of halogens is 2. The SMILES string of the molecule is CNCc1cc(C)c(OCc2c(Cl)cccc2Cl)c(C)c1. The third-order valence-corrected chi connectivity index (χ3v) is 4.03. The van der Waals surface area contributed by atoms with Crippen molar-refractivity contribution in [2.75, 3.05) is 7.05 Å². The topological polar surface area (TPSA) is 21.3 Å². The molecule has 0 aliphatic carbocycles. The van der Waals surface area contributed by atoms with E-state index in [1.807, 2.05) is 25.2 Å². The van der Waals surface area contributed by atoms with E-state index in [1.54, 1.807) is 0 Å². The fraction of sp³-hybridized carbons (Fsp3) is 0.294. The van der Waals surface area contributed by atoms with E-state index in [0.717, 1.165) is 29.0 Å². The normalized spacial score (nSPS) is 10.7. The third kappa shape index (κ3) is 3.91. The molecule has 0 radical (unpaired) electrons. The first-order valence-corrected chi connectivity index (χ1v) is 7.59. The predicted octanol–water partition coefficient (Wildman–Crippen LogP) is 4.91. The Balaban J connectivity index is 2.21. The summed E-state index contributed by atoms with van der Waals surface area (Å²) >= 11 is 12.3. The molecule has 2 aromatic carbocycles. The van der Waals surface area contributed by atoms with Crippen LogP contribution in [-0.4, -0.2) is 7.05 Å². The zero-order chi connectivity index (χ0) is 15.4. The first-order chi connectivity index (χ1) is 10.0. The molecule has 0 aliphatic rings. The first-order valence-electron chi connectivity index (χ1n) is 6.83. The Bertz CT molecular complexity index is 597. The molecule has 4 heteroatoms. The van der Waals surface area contributed by atoms with Gasteiger partial charge in [0.25, 0.3) is 0 Å². The summed E-state index contributed by atoms with van der Waals surface area (Å²) in [4.78, 5) is 0. The van der Waals surface area contributed by atoms with Gasteiger partial charge in [0.1, 0.15) is 12.4 Å². The molecule has 0 amide bonds. The third-order valence-electron chi connectivity index (χ3n) is 3.32. The zero-order valence-corrected chi connectivity index (χ0v) is 14.0. The van der Waals surface area contributed by atoms with Crippen LogP contribution in [0.3, 0.4) is 0 Å². The van der Waals surface area contributed by atoms with Crippen molar-refractivity contribution in [2.45, 2.75) is 27.0 Å². The van der Waals surface area contributed by atoms with Crippen LogP contribution in [0.15, 0.2) is 30.3 Å². The predicted molar refractivity (Wildman–Crippen MR) is 89.5 cm³/mol. The highest BCUT2D eigenvalue weighted by Gasteiger charge is 2.10. The van der Waals surface area contributed by atoms with E-state index < -0.39 is 0 Å². The van der Waals surface area contributed by atoms with Crippen molar-refractivity contribution in [3.63, 3.8) is 0 Å². The van der Waals surface area contributed by atoms with Crippen LogP contribution in [0.4, 0.5) is 0 Å². The molecule has 21 heavy (non-hydrogen) atoms. The number of ether oxygens (including phenoxy) is 1. The lowest BCUT2D eigenvalue weighted by molar-refractivity contribution is 0.302. The van der Waals surface area contributed by atoms with Gasteiger partial charge in [-0.3, -0.25) is 0 Å². The van der Waals surface area contributed by atoms with Gasteiger partial charge in [0.2, 0.25) is 0 Å². The Hall–Kier alpha value is -1.22. The fourth-order valence-corrected chi connectivity index (χ4v) is 2.89. The first kappa shape index (κ1) is 16.2. The number of aryl methyl sites for hydroxylation is 2. The second kappa shape index (κ2) is 7.17. The van der Waals surface area contributed by atoms with Crippen molar-refractivity contribution in [3.05, 3.63) is 62.6 Å². The molecule has 2 rings (SSSR count). The Morgan fingerprint density at radius 2 is 1.62 bits per heavy atom. The quantitative estimate of drug-likeness (QED) is 0.844. The van der Waals surface area contributed by atoms with Crippen molar-refractivity contribution >= 4 is 23.2 Å². The molecule has 1 N–H and O–H groups in total. The number of nitrogens with one attached hydrogen (secondary N) is 1. The van der Waals surface area contributed by atoms with Gasteiger partial charge in [-0.15, -0.1) is 0 Å². The number of hydrogen-bond donors (Lipinski definition) is 1. The van der Waals surface area contributed by atoms with Gasteiger partial charge in [0.05, 0.1) is 0 Å². The summed E-state index contributed by atoms with van der Waals surface area (Å²) in [5.41, 5.74) is 4.29. The van der Waals surface area contributed by atoms with E-state index in [4.69, 9.17) is 27.9 Å². The minimum absolute atomic E-state index is 0.367. The molecule has 112 valence electrons. The zero-order valence-electron chi connectivity index (χ0n) is 12.5. The largest absolute Gasteiger partial charge is 0.488 e. The van der Waals surface area contributed by atoms with Crippen molar-refractivity contribution in [1.82, 2.24) is 5.32 Å². The van der Waals surface area contributed by atoms with E-state index in [9.17, 15) is 0 Å². The minimum Gasteiger partial charge on any atom is -0.488 e. The van der Waals surface area contributed by atoms with Gasteiger partial charge in [0, 0.05) is 22.2 Å². The molecule has 0 fully saturated rings. The molecular weight excluding hydrogens is 305 g/mol. The number of hydrogen-bond acceptors (Lipinski definition) is 2. The van der Waals surface area contributed by atoms with Crippen LogP contribution in [0.25, 0.3) is 0 Å². The van der Waals surface area contributed by atoms with Gasteiger partial charge >= 0.3 is 0 Å². The second-order valence-electron chi connectivity index (χ2n) is 5.08. The fourth-order valence-electron chi connectivity index (χ4n) is 2.39. The minimum atomic E-state index is 0.367. The molecule has 0 aliphatic heterocycles. The van der Waals surface area contributed by atoms with Crippen molar-refractivity contribution < 1.29 is 4.74 Å². The number of benzene rings is 2. The van der Waals surface area contributed by atoms with Crippen molar-refractivity contribution in [1.29, 1.82) is 0 Å². The lowest BCUT2D eigenvalue weighted by atomic mass is 10.1. The van der Waals surface area contributed by atoms with E-state index in [1.165, 1.54) is 5.56 Å². The molecule has 0 atom stereocenters. The summed E-state index contributed by atoms with van der Waals surface area (Å²) in [5, 5.41) is 4.41. The standard InChI is InChI=1S/C17H19Cl2NO/c1-11-7-13(9-20-3)8-12(2)17(11)21-10-14-15(18)5-4-6-16(14)19/h4-8,20H,9-10H2,1-3H3. The average Bonchev–Trinajstić information content (AvgIpc) is 2.41. The van der Waals surface area contributed by atoms with Crippen LogP contribution in [0.2, 0.25) is 10.0 Å². The molecule has 0 spiro atoms. The highest BCUT2D eigenvalue weighted by Crippen LogP contribution is 2.29. The van der Waals surface area contributed by atoms with Crippen LogP contribution in [0.1, 0.15) is 22.3 Å². The lowest BCUT2D eigenvalue weighted by Gasteiger charge is -2.15. The molecule has 2 nitrogen and oxygen atoms in total. The van der Waals surface area contributed by atoms with Gasteiger partial charge < -0.3 is 10.1 Å². The maximum absolute atomic E-state index is 6.17. The van der Waals surface area contributed by atoms with E-state index in [0.29, 0.717) is 16.7 Å². The highest BCUT2D eigenvalue weighted by atomic mass is 35.5. The van der Waals surface area contributed by atoms with Gasteiger partial charge in [-0.2, -0.15) is 0 Å². The molecule has 0 saturated heterocycles. The van der Waals surface area contributed by atoms with E-state index >= 15 is 0 Å². The molecule has 0 unspecified atom stereocenters. The molecule has 0 saturated carbocycles. The van der Waals surface area contributed by atoms with Crippen LogP contribution in [0.5, 0.6) is 5.75 Å².